The van der Waals surface area contributed by atoms with Crippen molar-refractivity contribution in [2.24, 2.45) is 0 Å². The van der Waals surface area contributed by atoms with Crippen LogP contribution in [0.1, 0.15) is 34.0 Å². The van der Waals surface area contributed by atoms with E-state index in [4.69, 9.17) is 27.9 Å². The molecule has 12 heteroatoms. The largest absolute Gasteiger partial charge is 0.435 e. The van der Waals surface area contributed by atoms with Crippen LogP contribution in [0.15, 0.2) is 80.8 Å². The van der Waals surface area contributed by atoms with Gasteiger partial charge in [0.1, 0.15) is 5.75 Å². The summed E-state index contributed by atoms with van der Waals surface area (Å²) in [6.45, 7) is 0.236. The standard InChI is InChI=1S/C28H21BrCl2F2N4O3/c1-14-23(26(38)36(34-14)19-8-4-17(30)5-9-19)25(21-13-16(29)3-12-22(21)40-28(32)33)24-15(2)35-37(27(24)39)20-10-6-18(31)7-11-20/h3-13,25,28,34-35H,1-2H3. The van der Waals surface area contributed by atoms with Gasteiger partial charge in [-0.1, -0.05) is 39.1 Å². The molecule has 3 aromatic carbocycles. The molecule has 2 heterocycles. The van der Waals surface area contributed by atoms with Crippen molar-refractivity contribution in [1.29, 1.82) is 0 Å². The maximum Gasteiger partial charge on any atom is 0.387 e. The molecule has 0 spiro atoms. The SMILES string of the molecule is Cc1[nH]n(-c2ccc(Cl)cc2)c(=O)c1C(c1cc(Br)ccc1OC(F)F)c1c(C)[nH]n(-c2ccc(Cl)cc2)c1=O. The summed E-state index contributed by atoms with van der Waals surface area (Å²) in [4.78, 5) is 28.0. The smallest absolute Gasteiger partial charge is 0.387 e. The fourth-order valence-electron chi connectivity index (χ4n) is 4.75. The molecule has 0 atom stereocenters. The van der Waals surface area contributed by atoms with E-state index in [1.54, 1.807) is 74.5 Å². The third-order valence-electron chi connectivity index (χ3n) is 6.48. The molecule has 0 aliphatic heterocycles. The summed E-state index contributed by atoms with van der Waals surface area (Å²) in [5, 5.41) is 7.09. The predicted octanol–water partition coefficient (Wildman–Crippen LogP) is 7.11. The van der Waals surface area contributed by atoms with Crippen LogP contribution in [0, 0.1) is 13.8 Å². The van der Waals surface area contributed by atoms with Gasteiger partial charge in [0.05, 0.1) is 28.4 Å². The summed E-state index contributed by atoms with van der Waals surface area (Å²) in [7, 11) is 0. The second-order valence-electron chi connectivity index (χ2n) is 9.03. The van der Waals surface area contributed by atoms with Crippen LogP contribution in [0.2, 0.25) is 10.0 Å². The monoisotopic (exact) mass is 648 g/mol. The molecule has 0 amide bonds. The third kappa shape index (κ3) is 5.26. The van der Waals surface area contributed by atoms with E-state index in [0.29, 0.717) is 37.3 Å². The van der Waals surface area contributed by atoms with E-state index < -0.39 is 23.6 Å². The van der Waals surface area contributed by atoms with Crippen molar-refractivity contribution < 1.29 is 13.5 Å². The number of benzene rings is 3. The minimum Gasteiger partial charge on any atom is -0.435 e. The van der Waals surface area contributed by atoms with Crippen molar-refractivity contribution in [1.82, 2.24) is 19.6 Å². The first kappa shape index (κ1) is 27.9. The number of rotatable bonds is 7. The number of halogens is 5. The van der Waals surface area contributed by atoms with Gasteiger partial charge in [-0.05, 0) is 80.6 Å². The number of hydrogen-bond acceptors (Lipinski definition) is 3. The van der Waals surface area contributed by atoms with E-state index >= 15 is 0 Å². The number of aromatic amines is 2. The number of alkyl halides is 2. The fraction of sp³-hybridized carbons (Fsp3) is 0.143. The summed E-state index contributed by atoms with van der Waals surface area (Å²) >= 11 is 15.5. The molecule has 0 aliphatic carbocycles. The van der Waals surface area contributed by atoms with Crippen molar-refractivity contribution in [2.45, 2.75) is 26.4 Å². The lowest BCUT2D eigenvalue weighted by Crippen LogP contribution is -2.26. The zero-order chi connectivity index (χ0) is 28.7. The molecule has 40 heavy (non-hydrogen) atoms. The van der Waals surface area contributed by atoms with Crippen LogP contribution in [0.4, 0.5) is 8.78 Å². The van der Waals surface area contributed by atoms with Gasteiger partial charge in [-0.2, -0.15) is 8.78 Å². The fourth-order valence-corrected chi connectivity index (χ4v) is 5.38. The zero-order valence-electron chi connectivity index (χ0n) is 21.0. The Hall–Kier alpha value is -3.60. The van der Waals surface area contributed by atoms with Crippen LogP contribution >= 0.6 is 39.1 Å². The highest BCUT2D eigenvalue weighted by molar-refractivity contribution is 9.10. The van der Waals surface area contributed by atoms with Crippen LogP contribution in [-0.4, -0.2) is 26.2 Å². The minimum absolute atomic E-state index is 0.167. The molecule has 206 valence electrons. The first-order chi connectivity index (χ1) is 19.0. The second kappa shape index (κ2) is 11.1. The van der Waals surface area contributed by atoms with Gasteiger partial charge in [-0.15, -0.1) is 0 Å². The Kier molecular flexibility index (Phi) is 7.76. The highest BCUT2D eigenvalue weighted by atomic mass is 79.9. The van der Waals surface area contributed by atoms with Gasteiger partial charge in [-0.25, -0.2) is 9.36 Å². The molecule has 0 unspecified atom stereocenters. The van der Waals surface area contributed by atoms with Gasteiger partial charge in [0.2, 0.25) is 0 Å². The van der Waals surface area contributed by atoms with Crippen LogP contribution in [0.25, 0.3) is 11.4 Å². The van der Waals surface area contributed by atoms with E-state index in [2.05, 4.69) is 26.1 Å². The number of H-pyrrole nitrogens is 2. The Labute approximate surface area is 245 Å². The van der Waals surface area contributed by atoms with E-state index in [1.807, 2.05) is 0 Å². The second-order valence-corrected chi connectivity index (χ2v) is 10.8. The summed E-state index contributed by atoms with van der Waals surface area (Å²) < 4.78 is 35.1. The third-order valence-corrected chi connectivity index (χ3v) is 7.48. The van der Waals surface area contributed by atoms with Gasteiger partial charge in [-0.3, -0.25) is 19.8 Å². The molecule has 0 aliphatic rings. The van der Waals surface area contributed by atoms with Crippen LogP contribution < -0.4 is 15.9 Å². The lowest BCUT2D eigenvalue weighted by Gasteiger charge is -2.20. The average Bonchev–Trinajstić information content (AvgIpc) is 3.36. The van der Waals surface area contributed by atoms with Gasteiger partial charge < -0.3 is 4.74 Å². The number of nitrogens with one attached hydrogen (secondary N) is 2. The summed E-state index contributed by atoms with van der Waals surface area (Å²) in [5.74, 6) is -1.25. The number of aryl methyl sites for hydroxylation is 2. The molecule has 7 nitrogen and oxygen atoms in total. The maximum absolute atomic E-state index is 14.0. The Morgan fingerprint density at radius 2 is 1.23 bits per heavy atom. The van der Waals surface area contributed by atoms with Crippen molar-refractivity contribution in [3.05, 3.63) is 130 Å². The average molecular weight is 650 g/mol. The molecular weight excluding hydrogens is 629 g/mol. The van der Waals surface area contributed by atoms with E-state index in [-0.39, 0.29) is 22.4 Å². The summed E-state index contributed by atoms with van der Waals surface area (Å²) in [5.41, 5.74) is 1.53. The minimum atomic E-state index is -3.13. The van der Waals surface area contributed by atoms with Crippen LogP contribution in [0.3, 0.4) is 0 Å². The molecule has 0 saturated heterocycles. The van der Waals surface area contributed by atoms with Crippen molar-refractivity contribution in [3.63, 3.8) is 0 Å². The van der Waals surface area contributed by atoms with Gasteiger partial charge in [0.25, 0.3) is 11.1 Å². The Balaban J connectivity index is 1.81. The highest BCUT2D eigenvalue weighted by Gasteiger charge is 2.33. The van der Waals surface area contributed by atoms with Crippen molar-refractivity contribution in [3.8, 4) is 17.1 Å². The molecule has 5 rings (SSSR count). The lowest BCUT2D eigenvalue weighted by atomic mass is 9.84. The number of aromatic nitrogens is 4. The molecule has 0 radical (unpaired) electrons. The molecule has 0 saturated carbocycles. The van der Waals surface area contributed by atoms with E-state index in [1.165, 1.54) is 15.4 Å². The lowest BCUT2D eigenvalue weighted by molar-refractivity contribution is -0.0505. The maximum atomic E-state index is 14.0. The van der Waals surface area contributed by atoms with Gasteiger partial charge in [0.15, 0.2) is 0 Å². The first-order valence-corrected chi connectivity index (χ1v) is 13.5. The quantitative estimate of drug-likeness (QED) is 0.197. The summed E-state index contributed by atoms with van der Waals surface area (Å²) in [6.07, 6.45) is 0. The topological polar surface area (TPSA) is 84.8 Å². The molecule has 5 aromatic rings. The molecule has 0 fully saturated rings. The molecule has 2 N–H and O–H groups in total. The van der Waals surface area contributed by atoms with Gasteiger partial charge in [0, 0.05) is 31.5 Å². The van der Waals surface area contributed by atoms with Crippen molar-refractivity contribution >= 4 is 39.1 Å². The van der Waals surface area contributed by atoms with Crippen molar-refractivity contribution in [2.75, 3.05) is 0 Å². The summed E-state index contributed by atoms with van der Waals surface area (Å²) in [6, 6.07) is 17.7. The van der Waals surface area contributed by atoms with E-state index in [9.17, 15) is 18.4 Å². The number of ether oxygens (including phenoxy) is 1. The zero-order valence-corrected chi connectivity index (χ0v) is 24.1. The first-order valence-electron chi connectivity index (χ1n) is 11.9. The molecular formula is C28H21BrCl2F2N4O3. The Morgan fingerprint density at radius 3 is 1.65 bits per heavy atom. The van der Waals surface area contributed by atoms with E-state index in [0.717, 1.165) is 0 Å². The van der Waals surface area contributed by atoms with Crippen LogP contribution in [-0.2, 0) is 0 Å². The number of hydrogen-bond donors (Lipinski definition) is 2. The molecule has 0 bridgehead atoms. The normalized spacial score (nSPS) is 11.5. The predicted molar refractivity (Wildman–Crippen MR) is 154 cm³/mol. The number of nitrogens with zero attached hydrogens (tertiary/aromatic N) is 2. The van der Waals surface area contributed by atoms with Crippen LogP contribution in [0.5, 0.6) is 5.75 Å². The highest BCUT2D eigenvalue weighted by Crippen LogP contribution is 2.39. The Bertz CT molecular complexity index is 1710. The van der Waals surface area contributed by atoms with Gasteiger partial charge >= 0.3 is 6.61 Å². The molecule has 2 aromatic heterocycles. The Morgan fingerprint density at radius 1 is 0.775 bits per heavy atom.